The second-order valence-electron chi connectivity index (χ2n) is 4.43. The fourth-order valence-electron chi connectivity index (χ4n) is 2.05. The lowest BCUT2D eigenvalue weighted by molar-refractivity contribution is 0.229. The van der Waals surface area contributed by atoms with Gasteiger partial charge in [0, 0.05) is 26.2 Å². The lowest BCUT2D eigenvalue weighted by atomic mass is 10.2. The predicted molar refractivity (Wildman–Crippen MR) is 68.6 cm³/mol. The summed E-state index contributed by atoms with van der Waals surface area (Å²) in [7, 11) is 0. The third kappa shape index (κ3) is 3.08. The third-order valence-electron chi connectivity index (χ3n) is 3.30. The van der Waals surface area contributed by atoms with Gasteiger partial charge in [-0.1, -0.05) is 5.16 Å². The first-order valence-corrected chi connectivity index (χ1v) is 6.05. The van der Waals surface area contributed by atoms with Crippen LogP contribution in [0.2, 0.25) is 0 Å². The van der Waals surface area contributed by atoms with E-state index in [9.17, 15) is 4.39 Å². The third-order valence-corrected chi connectivity index (χ3v) is 3.30. The molecule has 0 aromatic carbocycles. The summed E-state index contributed by atoms with van der Waals surface area (Å²) >= 11 is 0. The molecule has 1 saturated heterocycles. The number of hydrogen-bond acceptors (Lipinski definition) is 6. The number of rotatable bonds is 3. The van der Waals surface area contributed by atoms with Gasteiger partial charge in [-0.15, -0.1) is 0 Å². The van der Waals surface area contributed by atoms with E-state index in [1.165, 1.54) is 0 Å². The quantitative estimate of drug-likeness (QED) is 0.343. The largest absolute Gasteiger partial charge is 0.409 e. The smallest absolute Gasteiger partial charge is 0.225 e. The summed E-state index contributed by atoms with van der Waals surface area (Å²) in [5, 5.41) is 11.7. The van der Waals surface area contributed by atoms with Gasteiger partial charge in [0.15, 0.2) is 11.7 Å². The number of piperazine rings is 1. The average molecular weight is 268 g/mol. The van der Waals surface area contributed by atoms with Crippen molar-refractivity contribution in [3.05, 3.63) is 18.2 Å². The number of halogens is 1. The summed E-state index contributed by atoms with van der Waals surface area (Å²) in [5.74, 6) is 0.284. The van der Waals surface area contributed by atoms with Gasteiger partial charge in [-0.3, -0.25) is 4.90 Å². The Morgan fingerprint density at radius 3 is 2.47 bits per heavy atom. The Labute approximate surface area is 110 Å². The highest BCUT2D eigenvalue weighted by atomic mass is 19.1. The van der Waals surface area contributed by atoms with E-state index in [0.717, 1.165) is 25.5 Å². The molecule has 1 fully saturated rings. The minimum Gasteiger partial charge on any atom is -0.409 e. The highest BCUT2D eigenvalue weighted by molar-refractivity contribution is 5.84. The molecule has 7 nitrogen and oxygen atoms in total. The van der Waals surface area contributed by atoms with Crippen LogP contribution in [0.3, 0.4) is 0 Å². The first-order valence-electron chi connectivity index (χ1n) is 6.05. The highest BCUT2D eigenvalue weighted by Crippen LogP contribution is 2.12. The van der Waals surface area contributed by atoms with E-state index in [1.54, 1.807) is 0 Å². The average Bonchev–Trinajstić information content (AvgIpc) is 2.46. The van der Waals surface area contributed by atoms with Crippen LogP contribution in [0.4, 0.5) is 10.3 Å². The molecule has 0 saturated carbocycles. The zero-order valence-electron chi connectivity index (χ0n) is 10.7. The first-order chi connectivity index (χ1) is 9.11. The Morgan fingerprint density at radius 2 is 1.95 bits per heavy atom. The van der Waals surface area contributed by atoms with E-state index in [1.807, 2.05) is 11.8 Å². The number of nitrogens with zero attached hydrogens (tertiary/aromatic N) is 5. The van der Waals surface area contributed by atoms with Crippen molar-refractivity contribution in [2.45, 2.75) is 13.0 Å². The second-order valence-corrected chi connectivity index (χ2v) is 4.43. The molecule has 1 aliphatic heterocycles. The number of amidine groups is 1. The van der Waals surface area contributed by atoms with Crippen molar-refractivity contribution in [3.63, 3.8) is 0 Å². The molecule has 3 N–H and O–H groups in total. The maximum atomic E-state index is 12.7. The van der Waals surface area contributed by atoms with Crippen molar-refractivity contribution < 1.29 is 9.60 Å². The SMILES string of the molecule is CC(C(N)=NO)N1CCN(c2ncc(F)cn2)CC1. The topological polar surface area (TPSA) is 90.9 Å². The van der Waals surface area contributed by atoms with Crippen molar-refractivity contribution >= 4 is 11.8 Å². The summed E-state index contributed by atoms with van der Waals surface area (Å²) in [6.45, 7) is 4.82. The molecule has 0 bridgehead atoms. The molecule has 1 aromatic rings. The van der Waals surface area contributed by atoms with Crippen molar-refractivity contribution in [2.24, 2.45) is 10.9 Å². The Balaban J connectivity index is 1.94. The Morgan fingerprint density at radius 1 is 1.37 bits per heavy atom. The van der Waals surface area contributed by atoms with Crippen molar-refractivity contribution in [3.8, 4) is 0 Å². The molecule has 8 heteroatoms. The maximum absolute atomic E-state index is 12.7. The molecule has 2 heterocycles. The van der Waals surface area contributed by atoms with E-state index in [4.69, 9.17) is 10.9 Å². The van der Waals surface area contributed by atoms with Crippen molar-refractivity contribution in [2.75, 3.05) is 31.1 Å². The van der Waals surface area contributed by atoms with Gasteiger partial charge in [-0.25, -0.2) is 14.4 Å². The van der Waals surface area contributed by atoms with Crippen molar-refractivity contribution in [1.29, 1.82) is 0 Å². The molecule has 2 rings (SSSR count). The number of anilines is 1. The fourth-order valence-corrected chi connectivity index (χ4v) is 2.05. The normalized spacial score (nSPS) is 19.5. The Hall–Kier alpha value is -1.96. The standard InChI is InChI=1S/C11H17FN6O/c1-8(10(13)16-19)17-2-4-18(5-3-17)11-14-6-9(12)7-15-11/h6-8,19H,2-5H2,1H3,(H2,13,16). The molecule has 0 radical (unpaired) electrons. The molecule has 0 aliphatic carbocycles. The van der Waals surface area contributed by atoms with Gasteiger partial charge in [0.2, 0.25) is 5.95 Å². The fraction of sp³-hybridized carbons (Fsp3) is 0.545. The van der Waals surface area contributed by atoms with Gasteiger partial charge < -0.3 is 15.8 Å². The van der Waals surface area contributed by atoms with Gasteiger partial charge in [0.05, 0.1) is 18.4 Å². The van der Waals surface area contributed by atoms with Crippen molar-refractivity contribution in [1.82, 2.24) is 14.9 Å². The van der Waals surface area contributed by atoms with Gasteiger partial charge in [0.1, 0.15) is 0 Å². The van der Waals surface area contributed by atoms with Crippen LogP contribution in [0, 0.1) is 5.82 Å². The summed E-state index contributed by atoms with van der Waals surface area (Å²) in [4.78, 5) is 12.0. The number of aromatic nitrogens is 2. The Kier molecular flexibility index (Phi) is 4.10. The first kappa shape index (κ1) is 13.5. The van der Waals surface area contributed by atoms with Crippen LogP contribution in [0.15, 0.2) is 17.5 Å². The molecular weight excluding hydrogens is 251 g/mol. The van der Waals surface area contributed by atoms with E-state index >= 15 is 0 Å². The van der Waals surface area contributed by atoms with E-state index in [0.29, 0.717) is 19.0 Å². The van der Waals surface area contributed by atoms with Gasteiger partial charge >= 0.3 is 0 Å². The molecule has 1 aromatic heterocycles. The lowest BCUT2D eigenvalue weighted by Crippen LogP contribution is -2.53. The number of hydrogen-bond donors (Lipinski definition) is 2. The molecule has 1 atom stereocenters. The summed E-state index contributed by atoms with van der Waals surface area (Å²) < 4.78 is 12.7. The van der Waals surface area contributed by atoms with Crippen LogP contribution >= 0.6 is 0 Å². The molecule has 0 amide bonds. The van der Waals surface area contributed by atoms with Crippen LogP contribution in [0.1, 0.15) is 6.92 Å². The van der Waals surface area contributed by atoms with Crippen LogP contribution in [0.25, 0.3) is 0 Å². The molecule has 104 valence electrons. The van der Waals surface area contributed by atoms with Gasteiger partial charge in [-0.05, 0) is 6.92 Å². The molecule has 19 heavy (non-hydrogen) atoms. The minimum absolute atomic E-state index is 0.110. The lowest BCUT2D eigenvalue weighted by Gasteiger charge is -2.37. The number of oxime groups is 1. The van der Waals surface area contributed by atoms with E-state index in [-0.39, 0.29) is 11.9 Å². The van der Waals surface area contributed by atoms with Crippen LogP contribution in [0.5, 0.6) is 0 Å². The Bertz CT molecular complexity index is 443. The summed E-state index contributed by atoms with van der Waals surface area (Å²) in [6, 6.07) is -0.110. The van der Waals surface area contributed by atoms with Crippen LogP contribution in [-0.4, -0.2) is 58.1 Å². The molecular formula is C11H17FN6O. The van der Waals surface area contributed by atoms with Crippen LogP contribution in [-0.2, 0) is 0 Å². The summed E-state index contributed by atoms with van der Waals surface area (Å²) in [6.07, 6.45) is 2.32. The van der Waals surface area contributed by atoms with Gasteiger partial charge in [-0.2, -0.15) is 0 Å². The highest BCUT2D eigenvalue weighted by Gasteiger charge is 2.24. The van der Waals surface area contributed by atoms with E-state index < -0.39 is 5.82 Å². The zero-order valence-corrected chi connectivity index (χ0v) is 10.7. The zero-order chi connectivity index (χ0) is 13.8. The molecule has 1 unspecified atom stereocenters. The predicted octanol–water partition coefficient (Wildman–Crippen LogP) is -0.127. The monoisotopic (exact) mass is 268 g/mol. The molecule has 1 aliphatic rings. The van der Waals surface area contributed by atoms with E-state index in [2.05, 4.69) is 20.0 Å². The number of nitrogens with two attached hydrogens (primary N) is 1. The van der Waals surface area contributed by atoms with Crippen LogP contribution < -0.4 is 10.6 Å². The minimum atomic E-state index is -0.442. The maximum Gasteiger partial charge on any atom is 0.225 e. The molecule has 0 spiro atoms. The summed E-state index contributed by atoms with van der Waals surface area (Å²) in [5.41, 5.74) is 5.59. The second kappa shape index (κ2) is 5.79. The van der Waals surface area contributed by atoms with Gasteiger partial charge in [0.25, 0.3) is 0 Å².